The molecule has 0 saturated carbocycles. The van der Waals surface area contributed by atoms with E-state index >= 15 is 0 Å². The number of ether oxygens (including phenoxy) is 2. The highest BCUT2D eigenvalue weighted by Crippen LogP contribution is 2.37. The van der Waals surface area contributed by atoms with Crippen molar-refractivity contribution in [1.29, 1.82) is 0 Å². The summed E-state index contributed by atoms with van der Waals surface area (Å²) in [4.78, 5) is 14.7. The first kappa shape index (κ1) is 24.8. The highest BCUT2D eigenvalue weighted by atomic mass is 32.2. The van der Waals surface area contributed by atoms with Crippen molar-refractivity contribution in [2.75, 3.05) is 25.2 Å². The predicted octanol–water partition coefficient (Wildman–Crippen LogP) is 5.50. The van der Waals surface area contributed by atoms with E-state index in [-0.39, 0.29) is 6.04 Å². The van der Waals surface area contributed by atoms with E-state index in [9.17, 15) is 0 Å². The Morgan fingerprint density at radius 1 is 0.973 bits per heavy atom. The van der Waals surface area contributed by atoms with Crippen LogP contribution in [0.1, 0.15) is 12.5 Å². The highest BCUT2D eigenvalue weighted by molar-refractivity contribution is 7.99. The van der Waals surface area contributed by atoms with Gasteiger partial charge in [0.25, 0.3) is 0 Å². The van der Waals surface area contributed by atoms with Gasteiger partial charge in [-0.15, -0.1) is 11.8 Å². The summed E-state index contributed by atoms with van der Waals surface area (Å²) in [5.74, 6) is 2.79. The number of methoxy groups -OCH3 is 1. The van der Waals surface area contributed by atoms with Crippen molar-refractivity contribution in [2.24, 2.45) is 5.73 Å². The third-order valence-corrected chi connectivity index (χ3v) is 7.03. The SMILES string of the molecule is CCSc1cc2ncc3c(N)nc(-c4cncc(OC[C@@H](N)Cc5ccccc5)c4)cc3c2cc1OC. The Hall–Kier alpha value is -3.88. The van der Waals surface area contributed by atoms with Crippen LogP contribution in [0.15, 0.2) is 78.1 Å². The molecule has 37 heavy (non-hydrogen) atoms. The van der Waals surface area contributed by atoms with E-state index in [1.54, 1.807) is 37.5 Å². The molecule has 0 radical (unpaired) electrons. The van der Waals surface area contributed by atoms with Crippen LogP contribution >= 0.6 is 11.8 Å². The number of pyridine rings is 3. The van der Waals surface area contributed by atoms with Gasteiger partial charge in [0.2, 0.25) is 0 Å². The van der Waals surface area contributed by atoms with Gasteiger partial charge in [0, 0.05) is 34.8 Å². The molecule has 0 unspecified atom stereocenters. The van der Waals surface area contributed by atoms with E-state index in [0.29, 0.717) is 23.9 Å². The number of benzene rings is 2. The second-order valence-electron chi connectivity index (χ2n) is 8.74. The Morgan fingerprint density at radius 2 is 1.81 bits per heavy atom. The van der Waals surface area contributed by atoms with Crippen LogP contribution in [0, 0.1) is 0 Å². The second kappa shape index (κ2) is 11.0. The van der Waals surface area contributed by atoms with Gasteiger partial charge in [0.05, 0.1) is 29.4 Å². The number of aromatic nitrogens is 3. The first-order valence-corrected chi connectivity index (χ1v) is 13.1. The van der Waals surface area contributed by atoms with Gasteiger partial charge >= 0.3 is 0 Å². The van der Waals surface area contributed by atoms with Gasteiger partial charge in [0.1, 0.15) is 23.9 Å². The standard InChI is InChI=1S/C29H29N5O2S/c1-3-37-28-13-26-23(12-27(28)35-2)22-11-25(34-29(31)24(22)16-33-26)19-10-21(15-32-14-19)36-17-20(30)9-18-7-5-4-6-8-18/h4-8,10-16,20H,3,9,17,30H2,1-2H3,(H2,31,34)/t20-/m0/s1. The van der Waals surface area contributed by atoms with E-state index < -0.39 is 0 Å². The number of nitrogens with zero attached hydrogens (tertiary/aromatic N) is 3. The maximum Gasteiger partial charge on any atom is 0.138 e. The minimum atomic E-state index is -0.134. The van der Waals surface area contributed by atoms with Crippen LogP contribution in [-0.4, -0.2) is 40.5 Å². The van der Waals surface area contributed by atoms with Crippen LogP contribution in [0.5, 0.6) is 11.5 Å². The van der Waals surface area contributed by atoms with Gasteiger partial charge in [-0.3, -0.25) is 9.97 Å². The fourth-order valence-corrected chi connectivity index (χ4v) is 5.12. The van der Waals surface area contributed by atoms with Gasteiger partial charge in [-0.2, -0.15) is 0 Å². The number of nitrogens with two attached hydrogens (primary N) is 2. The van der Waals surface area contributed by atoms with Crippen molar-refractivity contribution in [3.8, 4) is 22.8 Å². The zero-order valence-electron chi connectivity index (χ0n) is 20.8. The predicted molar refractivity (Wildman–Crippen MR) is 151 cm³/mol. The van der Waals surface area contributed by atoms with Gasteiger partial charge in [0.15, 0.2) is 0 Å². The molecule has 8 heteroatoms. The van der Waals surface area contributed by atoms with E-state index in [2.05, 4.69) is 40.1 Å². The molecule has 0 fully saturated rings. The lowest BCUT2D eigenvalue weighted by Gasteiger charge is -2.14. The summed E-state index contributed by atoms with van der Waals surface area (Å²) >= 11 is 1.73. The van der Waals surface area contributed by atoms with Gasteiger partial charge in [-0.25, -0.2) is 4.98 Å². The van der Waals surface area contributed by atoms with E-state index in [1.807, 2.05) is 36.4 Å². The molecule has 5 rings (SSSR count). The third-order valence-electron chi connectivity index (χ3n) is 6.11. The molecule has 7 nitrogen and oxygen atoms in total. The summed E-state index contributed by atoms with van der Waals surface area (Å²) in [5, 5.41) is 2.70. The molecule has 0 amide bonds. The van der Waals surface area contributed by atoms with Crippen molar-refractivity contribution in [2.45, 2.75) is 24.3 Å². The molecular weight excluding hydrogens is 482 g/mol. The molecule has 0 aliphatic heterocycles. The van der Waals surface area contributed by atoms with Gasteiger partial charge < -0.3 is 20.9 Å². The fraction of sp³-hybridized carbons (Fsp3) is 0.207. The Kier molecular flexibility index (Phi) is 7.39. The topological polar surface area (TPSA) is 109 Å². The van der Waals surface area contributed by atoms with E-state index in [0.717, 1.165) is 50.1 Å². The van der Waals surface area contributed by atoms with Crippen molar-refractivity contribution in [3.05, 3.63) is 78.8 Å². The Balaban J connectivity index is 1.45. The Labute approximate surface area is 220 Å². The van der Waals surface area contributed by atoms with Gasteiger partial charge in [-0.05, 0) is 47.4 Å². The van der Waals surface area contributed by atoms with Crippen LogP contribution in [0.4, 0.5) is 5.82 Å². The average molecular weight is 512 g/mol. The van der Waals surface area contributed by atoms with Crippen LogP contribution in [0.3, 0.4) is 0 Å². The second-order valence-corrected chi connectivity index (χ2v) is 10.0. The van der Waals surface area contributed by atoms with Crippen LogP contribution < -0.4 is 20.9 Å². The zero-order valence-corrected chi connectivity index (χ0v) is 21.7. The summed E-state index contributed by atoms with van der Waals surface area (Å²) in [6.45, 7) is 2.49. The number of hydrogen-bond donors (Lipinski definition) is 2. The lowest BCUT2D eigenvalue weighted by Crippen LogP contribution is -2.30. The number of rotatable bonds is 9. The summed E-state index contributed by atoms with van der Waals surface area (Å²) in [5.41, 5.74) is 16.3. The molecule has 4 N–H and O–H groups in total. The largest absolute Gasteiger partial charge is 0.496 e. The van der Waals surface area contributed by atoms with E-state index in [1.165, 1.54) is 5.56 Å². The number of thioether (sulfide) groups is 1. The lowest BCUT2D eigenvalue weighted by molar-refractivity contribution is 0.286. The minimum absolute atomic E-state index is 0.134. The molecular formula is C29H29N5O2S. The van der Waals surface area contributed by atoms with Crippen LogP contribution in [-0.2, 0) is 6.42 Å². The molecule has 1 atom stereocenters. The summed E-state index contributed by atoms with van der Waals surface area (Å²) in [6, 6.07) is 18.0. The monoisotopic (exact) mass is 511 g/mol. The summed E-state index contributed by atoms with van der Waals surface area (Å²) < 4.78 is 11.6. The third kappa shape index (κ3) is 5.45. The van der Waals surface area contributed by atoms with Crippen LogP contribution in [0.2, 0.25) is 0 Å². The molecule has 0 aliphatic carbocycles. The molecule has 3 heterocycles. The molecule has 0 aliphatic rings. The first-order chi connectivity index (χ1) is 18.1. The van der Waals surface area contributed by atoms with E-state index in [4.69, 9.17) is 20.9 Å². The molecule has 0 saturated heterocycles. The molecule has 188 valence electrons. The quantitative estimate of drug-likeness (QED) is 0.197. The maximum absolute atomic E-state index is 6.39. The van der Waals surface area contributed by atoms with Crippen molar-refractivity contribution < 1.29 is 9.47 Å². The van der Waals surface area contributed by atoms with Gasteiger partial charge in [-0.1, -0.05) is 37.3 Å². The minimum Gasteiger partial charge on any atom is -0.496 e. The highest BCUT2D eigenvalue weighted by Gasteiger charge is 2.14. The number of nitrogen functional groups attached to an aromatic ring is 1. The smallest absolute Gasteiger partial charge is 0.138 e. The molecule has 3 aromatic heterocycles. The number of fused-ring (bicyclic) bond motifs is 3. The summed E-state index contributed by atoms with van der Waals surface area (Å²) in [7, 11) is 1.68. The first-order valence-electron chi connectivity index (χ1n) is 12.1. The Bertz CT molecular complexity index is 1540. The molecule has 2 aromatic carbocycles. The Morgan fingerprint density at radius 3 is 2.59 bits per heavy atom. The lowest BCUT2D eigenvalue weighted by atomic mass is 10.0. The average Bonchev–Trinajstić information content (AvgIpc) is 2.92. The maximum atomic E-state index is 6.39. The van der Waals surface area contributed by atoms with Crippen molar-refractivity contribution in [3.63, 3.8) is 0 Å². The van der Waals surface area contributed by atoms with Crippen LogP contribution in [0.25, 0.3) is 32.9 Å². The van der Waals surface area contributed by atoms with Crippen molar-refractivity contribution >= 4 is 39.3 Å². The molecule has 5 aromatic rings. The number of hydrogen-bond acceptors (Lipinski definition) is 8. The van der Waals surface area contributed by atoms with Crippen molar-refractivity contribution in [1.82, 2.24) is 15.0 Å². The molecule has 0 spiro atoms. The summed E-state index contributed by atoms with van der Waals surface area (Å²) in [6.07, 6.45) is 5.95. The zero-order chi connectivity index (χ0) is 25.8. The number of anilines is 1. The normalized spacial score (nSPS) is 12.1. The fourth-order valence-electron chi connectivity index (χ4n) is 4.33. The molecule has 0 bridgehead atoms.